The van der Waals surface area contributed by atoms with Crippen molar-refractivity contribution in [2.75, 3.05) is 17.7 Å². The summed E-state index contributed by atoms with van der Waals surface area (Å²) in [5.41, 5.74) is 2.42. The summed E-state index contributed by atoms with van der Waals surface area (Å²) in [7, 11) is 1.29. The maximum atomic E-state index is 13.6. The van der Waals surface area contributed by atoms with Crippen molar-refractivity contribution in [1.29, 1.82) is 0 Å². The molecule has 3 amide bonds. The molecular weight excluding hydrogens is 619 g/mol. The summed E-state index contributed by atoms with van der Waals surface area (Å²) in [6, 6.07) is 35.4. The Morgan fingerprint density at radius 2 is 1.43 bits per heavy atom. The fourth-order valence-corrected chi connectivity index (χ4v) is 6.07. The average Bonchev–Trinajstić information content (AvgIpc) is 3.61. The molecule has 230 valence electrons. The van der Waals surface area contributed by atoms with Crippen LogP contribution in [0.1, 0.15) is 36.4 Å². The van der Waals surface area contributed by atoms with E-state index in [0.29, 0.717) is 16.9 Å². The first kappa shape index (κ1) is 32.0. The zero-order valence-corrected chi connectivity index (χ0v) is 26.3. The summed E-state index contributed by atoms with van der Waals surface area (Å²) >= 11 is 2.77. The standard InChI is InChI=1S/C36H29N3O5S2/c1-44-36(43)29-16-8-9-17-30(29)38-35(42)32(24-11-4-2-5-12-24)46-27-20-18-26(19-21-27)37-34(41)31(23-28-15-10-22-45-28)39-33(40)25-13-6-3-7-14-25/h2-23,32H,1H3,(H,37,41)(H,38,42)(H,39,40)/b31-23-. The molecule has 0 saturated carbocycles. The first-order chi connectivity index (χ1) is 22.4. The molecule has 1 unspecified atom stereocenters. The van der Waals surface area contributed by atoms with Crippen LogP contribution in [0.15, 0.2) is 137 Å². The van der Waals surface area contributed by atoms with Gasteiger partial charge in [0.1, 0.15) is 10.9 Å². The number of para-hydroxylation sites is 1. The van der Waals surface area contributed by atoms with E-state index in [1.165, 1.54) is 30.2 Å². The smallest absolute Gasteiger partial charge is 0.339 e. The van der Waals surface area contributed by atoms with E-state index in [9.17, 15) is 19.2 Å². The Kier molecular flexibility index (Phi) is 10.8. The lowest BCUT2D eigenvalue weighted by atomic mass is 10.1. The molecule has 1 atom stereocenters. The van der Waals surface area contributed by atoms with Crippen LogP contribution >= 0.6 is 23.1 Å². The molecule has 0 radical (unpaired) electrons. The molecule has 3 N–H and O–H groups in total. The molecule has 5 rings (SSSR count). The van der Waals surface area contributed by atoms with Gasteiger partial charge in [-0.3, -0.25) is 14.4 Å². The van der Waals surface area contributed by atoms with Crippen LogP contribution in [0.2, 0.25) is 0 Å². The van der Waals surface area contributed by atoms with Crippen LogP contribution < -0.4 is 16.0 Å². The van der Waals surface area contributed by atoms with Gasteiger partial charge in [0.25, 0.3) is 11.8 Å². The second kappa shape index (κ2) is 15.5. The molecule has 0 bridgehead atoms. The fraction of sp³-hybridized carbons (Fsp3) is 0.0556. The van der Waals surface area contributed by atoms with E-state index in [-0.39, 0.29) is 17.2 Å². The Morgan fingerprint density at radius 3 is 2.11 bits per heavy atom. The minimum atomic E-state index is -0.652. The lowest BCUT2D eigenvalue weighted by Crippen LogP contribution is -2.30. The van der Waals surface area contributed by atoms with Crippen molar-refractivity contribution in [2.45, 2.75) is 10.1 Å². The SMILES string of the molecule is COC(=O)c1ccccc1NC(=O)C(Sc1ccc(NC(=O)/C(=C/c2cccs2)NC(=O)c2ccccc2)cc1)c1ccccc1. The number of rotatable bonds is 11. The van der Waals surface area contributed by atoms with Crippen molar-refractivity contribution in [2.24, 2.45) is 0 Å². The Labute approximate surface area is 274 Å². The Morgan fingerprint density at radius 1 is 0.761 bits per heavy atom. The van der Waals surface area contributed by atoms with E-state index in [1.54, 1.807) is 78.9 Å². The maximum absolute atomic E-state index is 13.6. The number of esters is 1. The van der Waals surface area contributed by atoms with Crippen LogP contribution in [0.5, 0.6) is 0 Å². The first-order valence-corrected chi connectivity index (χ1v) is 15.9. The highest BCUT2D eigenvalue weighted by Gasteiger charge is 2.24. The van der Waals surface area contributed by atoms with Gasteiger partial charge in [-0.1, -0.05) is 66.7 Å². The molecule has 1 heterocycles. The number of benzene rings is 4. The number of hydrogen-bond donors (Lipinski definition) is 3. The van der Waals surface area contributed by atoms with E-state index >= 15 is 0 Å². The normalized spacial score (nSPS) is 11.6. The van der Waals surface area contributed by atoms with E-state index in [0.717, 1.165) is 15.3 Å². The van der Waals surface area contributed by atoms with E-state index in [4.69, 9.17) is 4.74 Å². The third kappa shape index (κ3) is 8.38. The van der Waals surface area contributed by atoms with Crippen molar-refractivity contribution in [3.05, 3.63) is 154 Å². The zero-order valence-electron chi connectivity index (χ0n) is 24.6. The highest BCUT2D eigenvalue weighted by atomic mass is 32.2. The topological polar surface area (TPSA) is 114 Å². The summed E-state index contributed by atoms with van der Waals surface area (Å²) in [4.78, 5) is 53.6. The van der Waals surface area contributed by atoms with Gasteiger partial charge in [0.15, 0.2) is 0 Å². The van der Waals surface area contributed by atoms with Gasteiger partial charge in [0.2, 0.25) is 5.91 Å². The van der Waals surface area contributed by atoms with Crippen LogP contribution in [-0.4, -0.2) is 30.8 Å². The molecule has 0 aliphatic heterocycles. The number of amides is 3. The van der Waals surface area contributed by atoms with Gasteiger partial charge in [-0.2, -0.15) is 0 Å². The fourth-order valence-electron chi connectivity index (χ4n) is 4.39. The number of carbonyl (C=O) groups excluding carboxylic acids is 4. The minimum Gasteiger partial charge on any atom is -0.465 e. The van der Waals surface area contributed by atoms with Crippen molar-refractivity contribution in [3.63, 3.8) is 0 Å². The summed E-state index contributed by atoms with van der Waals surface area (Å²) in [6.07, 6.45) is 1.63. The van der Waals surface area contributed by atoms with Gasteiger partial charge in [-0.15, -0.1) is 23.1 Å². The summed E-state index contributed by atoms with van der Waals surface area (Å²) in [6.45, 7) is 0. The number of ether oxygens (including phenoxy) is 1. The summed E-state index contributed by atoms with van der Waals surface area (Å²) in [5.74, 6) is -1.75. The van der Waals surface area contributed by atoms with Gasteiger partial charge < -0.3 is 20.7 Å². The molecule has 1 aromatic heterocycles. The summed E-state index contributed by atoms with van der Waals surface area (Å²) in [5, 5.41) is 9.70. The number of carbonyl (C=O) groups is 4. The average molecular weight is 648 g/mol. The third-order valence-electron chi connectivity index (χ3n) is 6.66. The number of nitrogens with one attached hydrogen (secondary N) is 3. The van der Waals surface area contributed by atoms with Gasteiger partial charge in [-0.25, -0.2) is 4.79 Å². The van der Waals surface area contributed by atoms with E-state index in [2.05, 4.69) is 16.0 Å². The van der Waals surface area contributed by atoms with Crippen LogP contribution in [-0.2, 0) is 14.3 Å². The Balaban J connectivity index is 1.32. The molecule has 46 heavy (non-hydrogen) atoms. The molecular formula is C36H29N3O5S2. The lowest BCUT2D eigenvalue weighted by Gasteiger charge is -2.18. The monoisotopic (exact) mass is 647 g/mol. The minimum absolute atomic E-state index is 0.0998. The number of thioether (sulfide) groups is 1. The molecule has 8 nitrogen and oxygen atoms in total. The van der Waals surface area contributed by atoms with Gasteiger partial charge in [0.05, 0.1) is 18.4 Å². The number of hydrogen-bond acceptors (Lipinski definition) is 7. The van der Waals surface area contributed by atoms with Gasteiger partial charge >= 0.3 is 5.97 Å². The molecule has 10 heteroatoms. The molecule has 0 fully saturated rings. The zero-order chi connectivity index (χ0) is 32.3. The van der Waals surface area contributed by atoms with E-state index < -0.39 is 23.0 Å². The largest absolute Gasteiger partial charge is 0.465 e. The molecule has 5 aromatic rings. The van der Waals surface area contributed by atoms with Gasteiger partial charge in [-0.05, 0) is 71.6 Å². The second-order valence-electron chi connectivity index (χ2n) is 9.81. The number of anilines is 2. The highest BCUT2D eigenvalue weighted by Crippen LogP contribution is 2.37. The van der Waals surface area contributed by atoms with Crippen LogP contribution in [0, 0.1) is 0 Å². The predicted molar refractivity (Wildman–Crippen MR) is 183 cm³/mol. The first-order valence-electron chi connectivity index (χ1n) is 14.1. The van der Waals surface area contributed by atoms with Crippen molar-refractivity contribution >= 4 is 64.2 Å². The molecule has 0 saturated heterocycles. The van der Waals surface area contributed by atoms with Gasteiger partial charge in [0, 0.05) is 21.0 Å². The van der Waals surface area contributed by atoms with E-state index in [1.807, 2.05) is 53.9 Å². The lowest BCUT2D eigenvalue weighted by molar-refractivity contribution is -0.116. The number of methoxy groups -OCH3 is 1. The summed E-state index contributed by atoms with van der Waals surface area (Å²) < 4.78 is 4.87. The third-order valence-corrected chi connectivity index (χ3v) is 8.74. The maximum Gasteiger partial charge on any atom is 0.339 e. The van der Waals surface area contributed by atoms with Crippen molar-refractivity contribution in [3.8, 4) is 0 Å². The number of thiophene rings is 1. The van der Waals surface area contributed by atoms with Crippen LogP contribution in [0.3, 0.4) is 0 Å². The predicted octanol–water partition coefficient (Wildman–Crippen LogP) is 7.42. The molecule has 4 aromatic carbocycles. The molecule has 0 aliphatic carbocycles. The molecule has 0 aliphatic rings. The molecule has 0 spiro atoms. The quantitative estimate of drug-likeness (QED) is 0.0782. The second-order valence-corrected chi connectivity index (χ2v) is 12.0. The van der Waals surface area contributed by atoms with Crippen molar-refractivity contribution < 1.29 is 23.9 Å². The van der Waals surface area contributed by atoms with Crippen LogP contribution in [0.25, 0.3) is 6.08 Å². The highest BCUT2D eigenvalue weighted by molar-refractivity contribution is 8.00. The Hall–Kier alpha value is -5.45. The Bertz CT molecular complexity index is 1840. The van der Waals surface area contributed by atoms with Crippen LogP contribution in [0.4, 0.5) is 11.4 Å². The van der Waals surface area contributed by atoms with Crippen molar-refractivity contribution in [1.82, 2.24) is 5.32 Å².